The largest absolute Gasteiger partial charge is 0.490 e. The fourth-order valence-electron chi connectivity index (χ4n) is 5.49. The molecule has 1 aliphatic carbocycles. The molecule has 1 saturated carbocycles. The van der Waals surface area contributed by atoms with Gasteiger partial charge in [-0.2, -0.15) is 0 Å². The van der Waals surface area contributed by atoms with Gasteiger partial charge in [0.05, 0.1) is 12.2 Å². The molecule has 8 heteroatoms. The third-order valence-electron chi connectivity index (χ3n) is 7.53. The summed E-state index contributed by atoms with van der Waals surface area (Å²) in [5.74, 6) is 2.42. The van der Waals surface area contributed by atoms with Gasteiger partial charge in [-0.3, -0.25) is 9.78 Å². The Bertz CT molecular complexity index is 1110. The first-order valence-electron chi connectivity index (χ1n) is 14.2. The minimum absolute atomic E-state index is 0.0149. The highest BCUT2D eigenvalue weighted by atomic mass is 32.2. The van der Waals surface area contributed by atoms with Crippen molar-refractivity contribution in [1.82, 2.24) is 9.88 Å². The second-order valence-corrected chi connectivity index (χ2v) is 12.9. The number of nitrogens with zero attached hydrogens (tertiary/aromatic N) is 2. The Balaban J connectivity index is 1.17. The number of carbonyl (C=O) groups is 2. The Morgan fingerprint density at radius 2 is 1.85 bits per heavy atom. The number of thioether (sulfide) groups is 1. The molecule has 1 saturated heterocycles. The molecule has 1 aromatic carbocycles. The van der Waals surface area contributed by atoms with Gasteiger partial charge in [0.25, 0.3) is 0 Å². The Morgan fingerprint density at radius 3 is 2.59 bits per heavy atom. The molecule has 2 fully saturated rings. The molecule has 1 aromatic heterocycles. The summed E-state index contributed by atoms with van der Waals surface area (Å²) in [6.45, 7) is 6.79. The first kappa shape index (κ1) is 29.4. The van der Waals surface area contributed by atoms with Crippen LogP contribution in [0.3, 0.4) is 0 Å². The molecule has 1 atom stereocenters. The van der Waals surface area contributed by atoms with Gasteiger partial charge in [-0.25, -0.2) is 9.18 Å². The number of likely N-dealkylation sites (tertiary alicyclic amines) is 1. The van der Waals surface area contributed by atoms with Crippen molar-refractivity contribution in [2.24, 2.45) is 11.8 Å². The fourth-order valence-corrected chi connectivity index (χ4v) is 6.42. The molecule has 2 aromatic rings. The molecule has 4 rings (SSSR count). The van der Waals surface area contributed by atoms with E-state index in [1.54, 1.807) is 23.2 Å². The first-order chi connectivity index (χ1) is 18.7. The zero-order valence-electron chi connectivity index (χ0n) is 23.4. The van der Waals surface area contributed by atoms with Crippen LogP contribution in [0.2, 0.25) is 0 Å². The quantitative estimate of drug-likeness (QED) is 0.323. The van der Waals surface area contributed by atoms with Crippen LogP contribution in [0.25, 0.3) is 0 Å². The normalized spacial score (nSPS) is 21.5. The van der Waals surface area contributed by atoms with Gasteiger partial charge < -0.3 is 14.4 Å². The Labute approximate surface area is 236 Å². The van der Waals surface area contributed by atoms with Crippen LogP contribution in [0.15, 0.2) is 42.7 Å². The van der Waals surface area contributed by atoms with Crippen LogP contribution in [-0.2, 0) is 11.2 Å². The van der Waals surface area contributed by atoms with Crippen molar-refractivity contribution in [3.05, 3.63) is 59.7 Å². The van der Waals surface area contributed by atoms with E-state index in [-0.39, 0.29) is 23.1 Å². The molecule has 1 unspecified atom stereocenters. The van der Waals surface area contributed by atoms with E-state index in [1.165, 1.54) is 55.1 Å². The predicted octanol–water partition coefficient (Wildman–Crippen LogP) is 7.31. The fraction of sp³-hybridized carbons (Fsp3) is 0.581. The summed E-state index contributed by atoms with van der Waals surface area (Å²) in [4.78, 5) is 31.0. The third kappa shape index (κ3) is 9.23. The lowest BCUT2D eigenvalue weighted by Gasteiger charge is -2.29. The molecule has 2 aliphatic rings. The van der Waals surface area contributed by atoms with E-state index in [2.05, 4.69) is 11.1 Å². The highest BCUT2D eigenvalue weighted by Crippen LogP contribution is 2.34. The van der Waals surface area contributed by atoms with Gasteiger partial charge in [0.15, 0.2) is 0 Å². The summed E-state index contributed by atoms with van der Waals surface area (Å²) in [7, 11) is 0. The van der Waals surface area contributed by atoms with Crippen LogP contribution in [0.5, 0.6) is 5.75 Å². The van der Waals surface area contributed by atoms with E-state index in [0.29, 0.717) is 30.6 Å². The molecule has 0 bridgehead atoms. The molecule has 0 spiro atoms. The van der Waals surface area contributed by atoms with E-state index in [9.17, 15) is 14.0 Å². The number of aromatic nitrogens is 1. The van der Waals surface area contributed by atoms with E-state index in [1.807, 2.05) is 27.0 Å². The minimum Gasteiger partial charge on any atom is -0.490 e. The molecular formula is C31H41FN2O4S. The van der Waals surface area contributed by atoms with Crippen LogP contribution in [0, 0.1) is 17.7 Å². The van der Waals surface area contributed by atoms with Crippen molar-refractivity contribution in [3.63, 3.8) is 0 Å². The molecule has 39 heavy (non-hydrogen) atoms. The molecule has 2 heterocycles. The first-order valence-corrected chi connectivity index (χ1v) is 15.1. The number of rotatable bonds is 9. The van der Waals surface area contributed by atoms with Gasteiger partial charge >= 0.3 is 6.09 Å². The Morgan fingerprint density at radius 1 is 1.08 bits per heavy atom. The number of benzene rings is 1. The minimum atomic E-state index is -0.509. The topological polar surface area (TPSA) is 68.7 Å². The van der Waals surface area contributed by atoms with Gasteiger partial charge in [0.2, 0.25) is 5.12 Å². The summed E-state index contributed by atoms with van der Waals surface area (Å²) >= 11 is 1.30. The SMILES string of the molecule is CC(C)(C)OC(=O)N1CCCC1COc1cncc(CC2CCC(CCSC(=O)c3cccc(F)c3)CC2)c1. The van der Waals surface area contributed by atoms with E-state index < -0.39 is 5.60 Å². The molecule has 1 aliphatic heterocycles. The molecular weight excluding hydrogens is 515 g/mol. The Kier molecular flexibility index (Phi) is 10.3. The Hall–Kier alpha value is -2.61. The predicted molar refractivity (Wildman–Crippen MR) is 153 cm³/mol. The van der Waals surface area contributed by atoms with E-state index >= 15 is 0 Å². The summed E-state index contributed by atoms with van der Waals surface area (Å²) in [6.07, 6.45) is 12.0. The van der Waals surface area contributed by atoms with E-state index in [0.717, 1.165) is 37.2 Å². The van der Waals surface area contributed by atoms with Gasteiger partial charge in [0.1, 0.15) is 23.8 Å². The van der Waals surface area contributed by atoms with Gasteiger partial charge in [0, 0.05) is 24.1 Å². The second kappa shape index (κ2) is 13.6. The molecule has 0 N–H and O–H groups in total. The smallest absolute Gasteiger partial charge is 0.410 e. The maximum absolute atomic E-state index is 13.4. The standard InChI is InChI=1S/C31H41FN2O4S/c1-31(2,3)38-30(36)34-14-5-8-27(34)21-37-28-17-24(19-33-20-28)16-23-11-9-22(10-12-23)13-15-39-29(35)25-6-4-7-26(32)18-25/h4,6-7,17-20,22-23,27H,5,8-16,21H2,1-3H3. The van der Waals surface area contributed by atoms with Crippen molar-refractivity contribution in [3.8, 4) is 5.75 Å². The van der Waals surface area contributed by atoms with Crippen LogP contribution in [-0.4, -0.2) is 51.6 Å². The van der Waals surface area contributed by atoms with Gasteiger partial charge in [-0.1, -0.05) is 36.7 Å². The van der Waals surface area contributed by atoms with Crippen molar-refractivity contribution in [1.29, 1.82) is 0 Å². The molecule has 212 valence electrons. The second-order valence-electron chi connectivity index (χ2n) is 11.8. The molecule has 1 amide bonds. The molecule has 6 nitrogen and oxygen atoms in total. The summed E-state index contributed by atoms with van der Waals surface area (Å²) in [5, 5.41) is -0.0525. The zero-order chi connectivity index (χ0) is 27.8. The number of pyridine rings is 1. The zero-order valence-corrected chi connectivity index (χ0v) is 24.2. The number of hydrogen-bond acceptors (Lipinski definition) is 6. The maximum atomic E-state index is 13.4. The molecule has 0 radical (unpaired) electrons. The average molecular weight is 557 g/mol. The van der Waals surface area contributed by atoms with Crippen LogP contribution in [0.1, 0.15) is 81.6 Å². The summed E-state index contributed by atoms with van der Waals surface area (Å²) in [6, 6.07) is 8.02. The third-order valence-corrected chi connectivity index (χ3v) is 8.47. The lowest BCUT2D eigenvalue weighted by atomic mass is 9.78. The lowest BCUT2D eigenvalue weighted by Crippen LogP contribution is -2.42. The highest BCUT2D eigenvalue weighted by Gasteiger charge is 2.32. The van der Waals surface area contributed by atoms with Crippen molar-refractivity contribution in [2.45, 2.75) is 83.8 Å². The number of halogens is 1. The highest BCUT2D eigenvalue weighted by molar-refractivity contribution is 8.14. The monoisotopic (exact) mass is 556 g/mol. The summed E-state index contributed by atoms with van der Waals surface area (Å²) in [5.41, 5.74) is 1.11. The lowest BCUT2D eigenvalue weighted by molar-refractivity contribution is 0.0187. The van der Waals surface area contributed by atoms with Crippen LogP contribution in [0.4, 0.5) is 9.18 Å². The van der Waals surface area contributed by atoms with Gasteiger partial charge in [-0.05, 0) is 94.9 Å². The number of amides is 1. The van der Waals surface area contributed by atoms with E-state index in [4.69, 9.17) is 9.47 Å². The van der Waals surface area contributed by atoms with Gasteiger partial charge in [-0.15, -0.1) is 0 Å². The van der Waals surface area contributed by atoms with Crippen molar-refractivity contribution >= 4 is 23.0 Å². The van der Waals surface area contributed by atoms with Crippen molar-refractivity contribution in [2.75, 3.05) is 18.9 Å². The van der Waals surface area contributed by atoms with Crippen molar-refractivity contribution < 1.29 is 23.5 Å². The van der Waals surface area contributed by atoms with Crippen LogP contribution < -0.4 is 4.74 Å². The summed E-state index contributed by atoms with van der Waals surface area (Å²) < 4.78 is 25.0. The average Bonchev–Trinajstić information content (AvgIpc) is 3.37. The number of hydrogen-bond donors (Lipinski definition) is 0. The number of carbonyl (C=O) groups excluding carboxylic acids is 2. The number of ether oxygens (including phenoxy) is 2. The van der Waals surface area contributed by atoms with Crippen LogP contribution >= 0.6 is 11.8 Å². The maximum Gasteiger partial charge on any atom is 0.410 e.